The Kier molecular flexibility index (Phi) is 5.69. The molecule has 28 heavy (non-hydrogen) atoms. The molecule has 0 unspecified atom stereocenters. The molecular formula is C18H19ClN4O4S. The van der Waals surface area contributed by atoms with Crippen molar-refractivity contribution in [2.75, 3.05) is 14.1 Å². The smallest absolute Gasteiger partial charge is 0.338 e. The number of benzene rings is 1. The molecule has 0 saturated heterocycles. The number of aromatic nitrogens is 3. The van der Waals surface area contributed by atoms with Crippen LogP contribution in [0.4, 0.5) is 0 Å². The third-order valence-electron chi connectivity index (χ3n) is 4.19. The summed E-state index contributed by atoms with van der Waals surface area (Å²) < 4.78 is 33.0. The molecule has 148 valence electrons. The summed E-state index contributed by atoms with van der Waals surface area (Å²) in [4.78, 5) is 20.7. The van der Waals surface area contributed by atoms with Crippen LogP contribution in [-0.4, -0.2) is 47.3 Å². The fraction of sp³-hybridized carbons (Fsp3) is 0.278. The van der Waals surface area contributed by atoms with E-state index in [1.54, 1.807) is 12.1 Å². The quantitative estimate of drug-likeness (QED) is 0.447. The van der Waals surface area contributed by atoms with Crippen LogP contribution >= 0.6 is 11.6 Å². The predicted octanol–water partition coefficient (Wildman–Crippen LogP) is 2.71. The van der Waals surface area contributed by atoms with Gasteiger partial charge in [-0.25, -0.2) is 27.5 Å². The molecule has 2 aromatic heterocycles. The number of carbonyl (C=O) groups excluding carboxylic acids is 1. The zero-order chi connectivity index (χ0) is 20.5. The van der Waals surface area contributed by atoms with Crippen LogP contribution in [0.5, 0.6) is 0 Å². The maximum Gasteiger partial charge on any atom is 0.338 e. The van der Waals surface area contributed by atoms with Crippen molar-refractivity contribution in [3.05, 3.63) is 53.1 Å². The first-order valence-electron chi connectivity index (χ1n) is 8.44. The Hall–Kier alpha value is -2.49. The lowest BCUT2D eigenvalue weighted by molar-refractivity contribution is 0.0458. The number of rotatable bonds is 6. The molecule has 0 radical (unpaired) electrons. The minimum absolute atomic E-state index is 0.0585. The first-order chi connectivity index (χ1) is 13.2. The molecule has 0 saturated carbocycles. The highest BCUT2D eigenvalue weighted by Crippen LogP contribution is 2.22. The van der Waals surface area contributed by atoms with Crippen molar-refractivity contribution in [1.29, 1.82) is 0 Å². The molecule has 0 spiro atoms. The number of hydrogen-bond acceptors (Lipinski definition) is 6. The Balaban J connectivity index is 1.90. The average molecular weight is 423 g/mol. The van der Waals surface area contributed by atoms with Crippen molar-refractivity contribution in [3.8, 4) is 0 Å². The molecule has 3 rings (SSSR count). The van der Waals surface area contributed by atoms with E-state index in [-0.39, 0.29) is 16.7 Å². The molecule has 0 fully saturated rings. The van der Waals surface area contributed by atoms with Gasteiger partial charge in [-0.2, -0.15) is 0 Å². The maximum atomic E-state index is 12.3. The number of halogens is 1. The van der Waals surface area contributed by atoms with Crippen LogP contribution in [0.2, 0.25) is 5.15 Å². The maximum absolute atomic E-state index is 12.3. The van der Waals surface area contributed by atoms with E-state index in [2.05, 4.69) is 9.97 Å². The number of nitrogens with zero attached hydrogens (tertiary/aromatic N) is 4. The SMILES string of the molecule is CCn1c(COC(=O)c2ccnc(Cl)c2)nc2cc(S(=O)(=O)N(C)C)ccc21. The fourth-order valence-corrected chi connectivity index (χ4v) is 3.83. The van der Waals surface area contributed by atoms with E-state index in [4.69, 9.17) is 16.3 Å². The van der Waals surface area contributed by atoms with Gasteiger partial charge in [0, 0.05) is 26.8 Å². The third-order valence-corrected chi connectivity index (χ3v) is 6.21. The second kappa shape index (κ2) is 7.86. The van der Waals surface area contributed by atoms with Gasteiger partial charge < -0.3 is 9.30 Å². The number of esters is 1. The zero-order valence-corrected chi connectivity index (χ0v) is 17.2. The van der Waals surface area contributed by atoms with Gasteiger partial charge in [0.2, 0.25) is 10.0 Å². The van der Waals surface area contributed by atoms with Crippen LogP contribution < -0.4 is 0 Å². The molecular weight excluding hydrogens is 404 g/mol. The van der Waals surface area contributed by atoms with Gasteiger partial charge in [-0.15, -0.1) is 0 Å². The Bertz CT molecular complexity index is 1140. The van der Waals surface area contributed by atoms with Crippen molar-refractivity contribution < 1.29 is 17.9 Å². The van der Waals surface area contributed by atoms with Gasteiger partial charge in [-0.05, 0) is 37.3 Å². The normalized spacial score (nSPS) is 11.9. The highest BCUT2D eigenvalue weighted by Gasteiger charge is 2.20. The first kappa shape index (κ1) is 20.2. The Labute approximate surface area is 167 Å². The lowest BCUT2D eigenvalue weighted by Crippen LogP contribution is -2.22. The number of sulfonamides is 1. The molecule has 0 N–H and O–H groups in total. The van der Waals surface area contributed by atoms with Crippen LogP contribution in [0.1, 0.15) is 23.1 Å². The first-order valence-corrected chi connectivity index (χ1v) is 10.3. The molecule has 0 amide bonds. The van der Waals surface area contributed by atoms with Crippen molar-refractivity contribution in [1.82, 2.24) is 18.8 Å². The molecule has 1 aromatic carbocycles. The predicted molar refractivity (Wildman–Crippen MR) is 105 cm³/mol. The summed E-state index contributed by atoms with van der Waals surface area (Å²) in [6, 6.07) is 7.70. The monoisotopic (exact) mass is 422 g/mol. The number of aryl methyl sites for hydroxylation is 1. The number of ether oxygens (including phenoxy) is 1. The van der Waals surface area contributed by atoms with Gasteiger partial charge >= 0.3 is 5.97 Å². The molecule has 0 aliphatic heterocycles. The van der Waals surface area contributed by atoms with Gasteiger partial charge in [0.05, 0.1) is 21.5 Å². The topological polar surface area (TPSA) is 94.4 Å². The van der Waals surface area contributed by atoms with Crippen molar-refractivity contribution in [2.24, 2.45) is 0 Å². The molecule has 3 aromatic rings. The van der Waals surface area contributed by atoms with Crippen molar-refractivity contribution in [3.63, 3.8) is 0 Å². The molecule has 8 nitrogen and oxygen atoms in total. The minimum Gasteiger partial charge on any atom is -0.454 e. The summed E-state index contributed by atoms with van der Waals surface area (Å²) in [5.74, 6) is -0.0275. The number of imidazole rings is 1. The molecule has 0 bridgehead atoms. The van der Waals surface area contributed by atoms with E-state index in [1.807, 2.05) is 11.5 Å². The lowest BCUT2D eigenvalue weighted by Gasteiger charge is -2.11. The van der Waals surface area contributed by atoms with Gasteiger partial charge in [0.25, 0.3) is 0 Å². The van der Waals surface area contributed by atoms with Crippen molar-refractivity contribution in [2.45, 2.75) is 25.0 Å². The number of hydrogen-bond donors (Lipinski definition) is 0. The van der Waals surface area contributed by atoms with Crippen LogP contribution in [-0.2, 0) is 27.9 Å². The summed E-state index contributed by atoms with van der Waals surface area (Å²) in [5, 5.41) is 0.199. The number of fused-ring (bicyclic) bond motifs is 1. The lowest BCUT2D eigenvalue weighted by atomic mass is 10.3. The van der Waals surface area contributed by atoms with E-state index >= 15 is 0 Å². The average Bonchev–Trinajstić information content (AvgIpc) is 3.02. The molecule has 0 aliphatic carbocycles. The van der Waals surface area contributed by atoms with Gasteiger partial charge in [-0.1, -0.05) is 11.6 Å². The second-order valence-electron chi connectivity index (χ2n) is 6.15. The summed E-state index contributed by atoms with van der Waals surface area (Å²) in [7, 11) is -0.619. The van der Waals surface area contributed by atoms with Crippen LogP contribution in [0.3, 0.4) is 0 Å². The largest absolute Gasteiger partial charge is 0.454 e. The fourth-order valence-electron chi connectivity index (χ4n) is 2.74. The van der Waals surface area contributed by atoms with Gasteiger partial charge in [0.15, 0.2) is 0 Å². The summed E-state index contributed by atoms with van der Waals surface area (Å²) in [6.07, 6.45) is 1.42. The van der Waals surface area contributed by atoms with Gasteiger partial charge in [-0.3, -0.25) is 0 Å². The van der Waals surface area contributed by atoms with Crippen LogP contribution in [0, 0.1) is 0 Å². The van der Waals surface area contributed by atoms with E-state index in [0.717, 1.165) is 9.82 Å². The Morgan fingerprint density at radius 3 is 2.64 bits per heavy atom. The Morgan fingerprint density at radius 2 is 2.00 bits per heavy atom. The number of pyridine rings is 1. The van der Waals surface area contributed by atoms with Crippen molar-refractivity contribution >= 4 is 38.6 Å². The van der Waals surface area contributed by atoms with E-state index in [1.165, 1.54) is 38.5 Å². The highest BCUT2D eigenvalue weighted by molar-refractivity contribution is 7.89. The molecule has 10 heteroatoms. The summed E-state index contributed by atoms with van der Waals surface area (Å²) in [6.45, 7) is 2.46. The summed E-state index contributed by atoms with van der Waals surface area (Å²) in [5.41, 5.74) is 1.57. The molecule has 2 heterocycles. The second-order valence-corrected chi connectivity index (χ2v) is 8.69. The zero-order valence-electron chi connectivity index (χ0n) is 15.6. The van der Waals surface area contributed by atoms with Crippen LogP contribution in [0.15, 0.2) is 41.4 Å². The molecule has 0 atom stereocenters. The highest BCUT2D eigenvalue weighted by atomic mass is 35.5. The van der Waals surface area contributed by atoms with Crippen LogP contribution in [0.25, 0.3) is 11.0 Å². The van der Waals surface area contributed by atoms with E-state index < -0.39 is 16.0 Å². The molecule has 0 aliphatic rings. The van der Waals surface area contributed by atoms with Gasteiger partial charge in [0.1, 0.15) is 17.6 Å². The Morgan fingerprint density at radius 1 is 1.25 bits per heavy atom. The number of carbonyl (C=O) groups is 1. The van der Waals surface area contributed by atoms with E-state index in [0.29, 0.717) is 23.4 Å². The summed E-state index contributed by atoms with van der Waals surface area (Å²) >= 11 is 5.79. The third kappa shape index (κ3) is 3.87. The minimum atomic E-state index is -3.56. The van der Waals surface area contributed by atoms with E-state index in [9.17, 15) is 13.2 Å². The standard InChI is InChI=1S/C18H19ClN4O4S/c1-4-23-15-6-5-13(28(25,26)22(2)3)10-14(15)21-17(23)11-27-18(24)12-7-8-20-16(19)9-12/h5-10H,4,11H2,1-3H3.